The van der Waals surface area contributed by atoms with E-state index in [1.165, 1.54) is 0 Å². The number of halogens is 2. The quantitative estimate of drug-likeness (QED) is 0.860. The maximum atomic E-state index is 9.97. The molecule has 18 heavy (non-hydrogen) atoms. The number of aliphatic hydroxyl groups is 1. The molecule has 0 aromatic heterocycles. The van der Waals surface area contributed by atoms with Gasteiger partial charge in [0.1, 0.15) is 0 Å². The fourth-order valence-corrected chi connectivity index (χ4v) is 1.80. The molecule has 2 aromatic carbocycles. The fraction of sp³-hybridized carbons (Fsp3) is 0.0667. The number of aliphatic hydroxyl groups excluding tert-OH is 1. The molecule has 1 unspecified atom stereocenters. The van der Waals surface area contributed by atoms with E-state index in [4.69, 9.17) is 23.2 Å². The molecule has 0 saturated heterocycles. The Morgan fingerprint density at radius 1 is 0.833 bits per heavy atom. The minimum atomic E-state index is -0.641. The molecule has 0 spiro atoms. The highest BCUT2D eigenvalue weighted by Gasteiger charge is 2.02. The molecule has 0 bridgehead atoms. The molecule has 0 fully saturated rings. The molecule has 0 amide bonds. The lowest BCUT2D eigenvalue weighted by molar-refractivity contribution is 0.229. The zero-order valence-electron chi connectivity index (χ0n) is 9.55. The van der Waals surface area contributed by atoms with Crippen molar-refractivity contribution in [1.82, 2.24) is 0 Å². The molecule has 92 valence electrons. The second-order valence-electron chi connectivity index (χ2n) is 3.91. The third-order valence-corrected chi connectivity index (χ3v) is 3.06. The Bertz CT molecular complexity index is 529. The number of hydrogen-bond donors (Lipinski definition) is 1. The van der Waals surface area contributed by atoms with Crippen molar-refractivity contribution in [2.45, 2.75) is 6.10 Å². The minimum absolute atomic E-state index is 0.641. The van der Waals surface area contributed by atoms with Crippen LogP contribution in [-0.4, -0.2) is 5.11 Å². The smallest absolute Gasteiger partial charge is 0.0975 e. The van der Waals surface area contributed by atoms with Crippen molar-refractivity contribution < 1.29 is 5.11 Å². The zero-order chi connectivity index (χ0) is 13.0. The van der Waals surface area contributed by atoms with Crippen molar-refractivity contribution in [3.63, 3.8) is 0 Å². The first kappa shape index (κ1) is 13.2. The third kappa shape index (κ3) is 3.61. The lowest BCUT2D eigenvalue weighted by Crippen LogP contribution is -1.91. The van der Waals surface area contributed by atoms with E-state index in [9.17, 15) is 5.11 Å². The predicted octanol–water partition coefficient (Wildman–Crippen LogP) is 4.74. The van der Waals surface area contributed by atoms with Gasteiger partial charge in [0.25, 0.3) is 0 Å². The highest BCUT2D eigenvalue weighted by molar-refractivity contribution is 6.30. The SMILES string of the molecule is OC(/C=C/c1ccc(Cl)cc1)c1ccc(Cl)cc1. The summed E-state index contributed by atoms with van der Waals surface area (Å²) in [5.41, 5.74) is 1.80. The summed E-state index contributed by atoms with van der Waals surface area (Å²) in [6.45, 7) is 0. The van der Waals surface area contributed by atoms with Crippen LogP contribution in [-0.2, 0) is 0 Å². The van der Waals surface area contributed by atoms with Gasteiger partial charge in [-0.15, -0.1) is 0 Å². The molecular formula is C15H12Cl2O. The Morgan fingerprint density at radius 2 is 1.33 bits per heavy atom. The molecule has 0 aliphatic rings. The summed E-state index contributed by atoms with van der Waals surface area (Å²) in [6.07, 6.45) is 2.94. The summed E-state index contributed by atoms with van der Waals surface area (Å²) in [4.78, 5) is 0. The van der Waals surface area contributed by atoms with Gasteiger partial charge in [0, 0.05) is 10.0 Å². The normalized spacial score (nSPS) is 12.8. The Hall–Kier alpha value is -1.28. The second-order valence-corrected chi connectivity index (χ2v) is 4.78. The minimum Gasteiger partial charge on any atom is -0.384 e. The lowest BCUT2D eigenvalue weighted by atomic mass is 10.1. The molecule has 0 radical (unpaired) electrons. The molecule has 0 aliphatic carbocycles. The summed E-state index contributed by atoms with van der Waals surface area (Å²) >= 11 is 11.6. The van der Waals surface area contributed by atoms with Gasteiger partial charge in [-0.05, 0) is 35.4 Å². The number of rotatable bonds is 3. The van der Waals surface area contributed by atoms with Crippen LogP contribution in [0.5, 0.6) is 0 Å². The Labute approximate surface area is 116 Å². The Balaban J connectivity index is 2.08. The maximum absolute atomic E-state index is 9.97. The van der Waals surface area contributed by atoms with Crippen LogP contribution in [0, 0.1) is 0 Å². The molecule has 2 rings (SSSR count). The Kier molecular flexibility index (Phi) is 4.43. The van der Waals surface area contributed by atoms with Gasteiger partial charge in [-0.2, -0.15) is 0 Å². The summed E-state index contributed by atoms with van der Waals surface area (Å²) in [5.74, 6) is 0. The van der Waals surface area contributed by atoms with Crippen LogP contribution in [0.15, 0.2) is 54.6 Å². The van der Waals surface area contributed by atoms with Crippen molar-refractivity contribution in [3.05, 3.63) is 75.8 Å². The summed E-state index contributed by atoms with van der Waals surface area (Å²) in [5, 5.41) is 11.3. The monoisotopic (exact) mass is 278 g/mol. The van der Waals surface area contributed by atoms with Gasteiger partial charge in [0.2, 0.25) is 0 Å². The van der Waals surface area contributed by atoms with Crippen molar-refractivity contribution in [2.24, 2.45) is 0 Å². The molecule has 0 saturated carbocycles. The molecule has 1 N–H and O–H groups in total. The molecule has 1 nitrogen and oxygen atoms in total. The molecule has 3 heteroatoms. The van der Waals surface area contributed by atoms with E-state index in [1.807, 2.05) is 30.3 Å². The van der Waals surface area contributed by atoms with Crippen LogP contribution >= 0.6 is 23.2 Å². The van der Waals surface area contributed by atoms with Crippen LogP contribution in [0.25, 0.3) is 6.08 Å². The van der Waals surface area contributed by atoms with Gasteiger partial charge >= 0.3 is 0 Å². The predicted molar refractivity (Wildman–Crippen MR) is 76.9 cm³/mol. The zero-order valence-corrected chi connectivity index (χ0v) is 11.1. The summed E-state index contributed by atoms with van der Waals surface area (Å²) < 4.78 is 0. The number of hydrogen-bond acceptors (Lipinski definition) is 1. The summed E-state index contributed by atoms with van der Waals surface area (Å²) in [7, 11) is 0. The van der Waals surface area contributed by atoms with Gasteiger partial charge in [-0.25, -0.2) is 0 Å². The average Bonchev–Trinajstić information content (AvgIpc) is 2.38. The molecule has 2 aromatic rings. The van der Waals surface area contributed by atoms with Crippen LogP contribution in [0.3, 0.4) is 0 Å². The Morgan fingerprint density at radius 3 is 1.89 bits per heavy atom. The summed E-state index contributed by atoms with van der Waals surface area (Å²) in [6, 6.07) is 14.6. The molecule has 1 atom stereocenters. The molecule has 0 aliphatic heterocycles. The molecule has 0 heterocycles. The van der Waals surface area contributed by atoms with Crippen molar-refractivity contribution in [1.29, 1.82) is 0 Å². The van der Waals surface area contributed by atoms with Crippen molar-refractivity contribution in [3.8, 4) is 0 Å². The second kappa shape index (κ2) is 6.05. The molecular weight excluding hydrogens is 267 g/mol. The van der Waals surface area contributed by atoms with Gasteiger partial charge in [-0.3, -0.25) is 0 Å². The van der Waals surface area contributed by atoms with E-state index >= 15 is 0 Å². The van der Waals surface area contributed by atoms with Gasteiger partial charge in [0.05, 0.1) is 6.10 Å². The first-order chi connectivity index (χ1) is 8.65. The van der Waals surface area contributed by atoms with E-state index in [-0.39, 0.29) is 0 Å². The maximum Gasteiger partial charge on any atom is 0.0975 e. The van der Waals surface area contributed by atoms with Crippen LogP contribution < -0.4 is 0 Å². The lowest BCUT2D eigenvalue weighted by Gasteiger charge is -2.05. The first-order valence-electron chi connectivity index (χ1n) is 5.52. The van der Waals surface area contributed by atoms with Gasteiger partial charge < -0.3 is 5.11 Å². The standard InChI is InChI=1S/C15H12Cl2O/c16-13-6-1-11(2-7-13)3-10-15(18)12-4-8-14(17)9-5-12/h1-10,15,18H/b10-3+. The van der Waals surface area contributed by atoms with E-state index in [1.54, 1.807) is 30.3 Å². The highest BCUT2D eigenvalue weighted by atomic mass is 35.5. The van der Waals surface area contributed by atoms with E-state index in [0.29, 0.717) is 10.0 Å². The highest BCUT2D eigenvalue weighted by Crippen LogP contribution is 2.19. The van der Waals surface area contributed by atoms with E-state index in [2.05, 4.69) is 0 Å². The number of benzene rings is 2. The first-order valence-corrected chi connectivity index (χ1v) is 6.28. The third-order valence-electron chi connectivity index (χ3n) is 2.55. The average molecular weight is 279 g/mol. The van der Waals surface area contributed by atoms with E-state index < -0.39 is 6.10 Å². The largest absolute Gasteiger partial charge is 0.384 e. The van der Waals surface area contributed by atoms with Crippen LogP contribution in [0.4, 0.5) is 0 Å². The van der Waals surface area contributed by atoms with Crippen LogP contribution in [0.1, 0.15) is 17.2 Å². The van der Waals surface area contributed by atoms with Crippen molar-refractivity contribution in [2.75, 3.05) is 0 Å². The van der Waals surface area contributed by atoms with Crippen molar-refractivity contribution >= 4 is 29.3 Å². The van der Waals surface area contributed by atoms with Gasteiger partial charge in [-0.1, -0.05) is 59.6 Å². The topological polar surface area (TPSA) is 20.2 Å². The van der Waals surface area contributed by atoms with E-state index in [0.717, 1.165) is 11.1 Å². The van der Waals surface area contributed by atoms with Gasteiger partial charge in [0.15, 0.2) is 0 Å². The van der Waals surface area contributed by atoms with Crippen LogP contribution in [0.2, 0.25) is 10.0 Å². The fourth-order valence-electron chi connectivity index (χ4n) is 1.55.